The number of nitrogens with zero attached hydrogens (tertiary/aromatic N) is 1. The molecule has 0 aliphatic heterocycles. The molecule has 0 aliphatic rings. The summed E-state index contributed by atoms with van der Waals surface area (Å²) in [7, 11) is 0. The van der Waals surface area contributed by atoms with E-state index in [0.717, 1.165) is 28.3 Å². The second-order valence-electron chi connectivity index (χ2n) is 10.3. The number of carbonyl (C=O) groups is 2. The van der Waals surface area contributed by atoms with Crippen LogP contribution in [0.4, 0.5) is 11.4 Å². The number of nitrogens with one attached hydrogen (secondary N) is 2. The third kappa shape index (κ3) is 7.93. The average molecular weight is 538 g/mol. The standard InChI is InChI=1S/C33H35N3O4/c1-5-39-27-19-13-23(14-20-27)28-11-6-7-12-29(28)31(37)36-25-17-15-24(16-18-25)35-30(32(38)40-33(2,3)4)22-26-10-8-9-21-34-26/h6-21,30,35H,5,22H2,1-4H3,(H,36,37). The fourth-order valence-electron chi connectivity index (χ4n) is 4.17. The molecule has 3 aromatic carbocycles. The van der Waals surface area contributed by atoms with E-state index in [1.807, 2.05) is 100 Å². The van der Waals surface area contributed by atoms with Gasteiger partial charge >= 0.3 is 5.97 Å². The van der Waals surface area contributed by atoms with E-state index in [1.54, 1.807) is 24.4 Å². The van der Waals surface area contributed by atoms with Crippen molar-refractivity contribution in [2.24, 2.45) is 0 Å². The average Bonchev–Trinajstić information content (AvgIpc) is 2.94. The lowest BCUT2D eigenvalue weighted by Gasteiger charge is -2.25. The topological polar surface area (TPSA) is 89.5 Å². The first-order valence-corrected chi connectivity index (χ1v) is 13.3. The molecular weight excluding hydrogens is 502 g/mol. The summed E-state index contributed by atoms with van der Waals surface area (Å²) in [4.78, 5) is 30.6. The molecule has 4 aromatic rings. The van der Waals surface area contributed by atoms with Gasteiger partial charge < -0.3 is 20.1 Å². The first-order chi connectivity index (χ1) is 19.2. The summed E-state index contributed by atoms with van der Waals surface area (Å²) >= 11 is 0. The molecule has 1 amide bonds. The molecule has 0 radical (unpaired) electrons. The molecule has 206 valence electrons. The number of rotatable bonds is 10. The number of anilines is 2. The van der Waals surface area contributed by atoms with Crippen molar-refractivity contribution in [3.05, 3.63) is 108 Å². The number of aromatic nitrogens is 1. The van der Waals surface area contributed by atoms with Crippen LogP contribution in [0.2, 0.25) is 0 Å². The van der Waals surface area contributed by atoms with Crippen LogP contribution in [-0.2, 0) is 16.0 Å². The van der Waals surface area contributed by atoms with E-state index in [-0.39, 0.29) is 11.9 Å². The molecule has 1 unspecified atom stereocenters. The van der Waals surface area contributed by atoms with Gasteiger partial charge in [-0.3, -0.25) is 9.78 Å². The zero-order chi connectivity index (χ0) is 28.5. The summed E-state index contributed by atoms with van der Waals surface area (Å²) in [5.41, 5.74) is 3.84. The number of ether oxygens (including phenoxy) is 2. The summed E-state index contributed by atoms with van der Waals surface area (Å²) < 4.78 is 11.2. The maximum atomic E-state index is 13.2. The number of benzene rings is 3. The predicted molar refractivity (Wildman–Crippen MR) is 159 cm³/mol. The van der Waals surface area contributed by atoms with Gasteiger partial charge in [-0.05, 0) is 93.4 Å². The predicted octanol–water partition coefficient (Wildman–Crippen LogP) is 6.76. The molecule has 2 N–H and O–H groups in total. The van der Waals surface area contributed by atoms with Crippen LogP contribution < -0.4 is 15.4 Å². The Balaban J connectivity index is 1.47. The van der Waals surface area contributed by atoms with Gasteiger partial charge in [-0.15, -0.1) is 0 Å². The van der Waals surface area contributed by atoms with Crippen LogP contribution in [0.15, 0.2) is 97.2 Å². The van der Waals surface area contributed by atoms with Crippen LogP contribution in [-0.4, -0.2) is 35.1 Å². The molecule has 7 nitrogen and oxygen atoms in total. The largest absolute Gasteiger partial charge is 0.494 e. The van der Waals surface area contributed by atoms with E-state index < -0.39 is 11.6 Å². The van der Waals surface area contributed by atoms with Crippen molar-refractivity contribution in [1.29, 1.82) is 0 Å². The Kier molecular flexibility index (Phi) is 9.17. The number of carbonyl (C=O) groups excluding carboxylic acids is 2. The Morgan fingerprint density at radius 3 is 2.17 bits per heavy atom. The number of hydrogen-bond acceptors (Lipinski definition) is 6. The molecule has 0 fully saturated rings. The number of pyridine rings is 1. The van der Waals surface area contributed by atoms with Crippen LogP contribution >= 0.6 is 0 Å². The van der Waals surface area contributed by atoms with Crippen molar-refractivity contribution in [2.75, 3.05) is 17.2 Å². The van der Waals surface area contributed by atoms with Gasteiger partial charge in [0.25, 0.3) is 5.91 Å². The van der Waals surface area contributed by atoms with Crippen molar-refractivity contribution < 1.29 is 19.1 Å². The smallest absolute Gasteiger partial charge is 0.329 e. The van der Waals surface area contributed by atoms with E-state index in [1.165, 1.54) is 0 Å². The fraction of sp³-hybridized carbons (Fsp3) is 0.242. The van der Waals surface area contributed by atoms with Crippen molar-refractivity contribution in [1.82, 2.24) is 4.98 Å². The lowest BCUT2D eigenvalue weighted by atomic mass is 9.99. The van der Waals surface area contributed by atoms with Gasteiger partial charge in [0.2, 0.25) is 0 Å². The maximum absolute atomic E-state index is 13.2. The van der Waals surface area contributed by atoms with Crippen molar-refractivity contribution in [3.8, 4) is 16.9 Å². The second-order valence-corrected chi connectivity index (χ2v) is 10.3. The molecule has 1 aromatic heterocycles. The highest BCUT2D eigenvalue weighted by molar-refractivity contribution is 6.08. The van der Waals surface area contributed by atoms with E-state index in [2.05, 4.69) is 15.6 Å². The zero-order valence-corrected chi connectivity index (χ0v) is 23.3. The van der Waals surface area contributed by atoms with Gasteiger partial charge in [0.15, 0.2) is 0 Å². The molecular formula is C33H35N3O4. The number of hydrogen-bond donors (Lipinski definition) is 2. The number of esters is 1. The Morgan fingerprint density at radius 1 is 0.850 bits per heavy atom. The van der Waals surface area contributed by atoms with Gasteiger partial charge in [-0.1, -0.05) is 36.4 Å². The van der Waals surface area contributed by atoms with E-state index in [0.29, 0.717) is 24.3 Å². The van der Waals surface area contributed by atoms with Gasteiger partial charge in [-0.2, -0.15) is 0 Å². The van der Waals surface area contributed by atoms with E-state index in [9.17, 15) is 9.59 Å². The highest BCUT2D eigenvalue weighted by Crippen LogP contribution is 2.27. The monoisotopic (exact) mass is 537 g/mol. The molecule has 0 bridgehead atoms. The molecule has 4 rings (SSSR count). The van der Waals surface area contributed by atoms with E-state index >= 15 is 0 Å². The molecule has 0 aliphatic carbocycles. The lowest BCUT2D eigenvalue weighted by Crippen LogP contribution is -2.38. The SMILES string of the molecule is CCOc1ccc(-c2ccccc2C(=O)Nc2ccc(NC(Cc3ccccn3)C(=O)OC(C)(C)C)cc2)cc1. The molecule has 40 heavy (non-hydrogen) atoms. The van der Waals surface area contributed by atoms with Crippen LogP contribution in [0.3, 0.4) is 0 Å². The highest BCUT2D eigenvalue weighted by atomic mass is 16.6. The molecule has 0 saturated heterocycles. The van der Waals surface area contributed by atoms with Gasteiger partial charge in [0.1, 0.15) is 17.4 Å². The first-order valence-electron chi connectivity index (χ1n) is 13.3. The van der Waals surface area contributed by atoms with Crippen LogP contribution in [0.1, 0.15) is 43.7 Å². The minimum atomic E-state index is -0.629. The summed E-state index contributed by atoms with van der Waals surface area (Å²) in [6.07, 6.45) is 2.07. The summed E-state index contributed by atoms with van der Waals surface area (Å²) in [6.45, 7) is 8.06. The lowest BCUT2D eigenvalue weighted by molar-refractivity contribution is -0.155. The van der Waals surface area contributed by atoms with Crippen molar-refractivity contribution >= 4 is 23.3 Å². The summed E-state index contributed by atoms with van der Waals surface area (Å²) in [5, 5.41) is 6.25. The highest BCUT2D eigenvalue weighted by Gasteiger charge is 2.26. The maximum Gasteiger partial charge on any atom is 0.329 e. The molecule has 1 heterocycles. The second kappa shape index (κ2) is 12.9. The fourth-order valence-corrected chi connectivity index (χ4v) is 4.17. The Bertz CT molecular complexity index is 1410. The molecule has 1 atom stereocenters. The van der Waals surface area contributed by atoms with Crippen LogP contribution in [0.5, 0.6) is 5.75 Å². The quantitative estimate of drug-likeness (QED) is 0.217. The third-order valence-corrected chi connectivity index (χ3v) is 5.96. The van der Waals surface area contributed by atoms with Gasteiger partial charge in [0, 0.05) is 35.2 Å². The zero-order valence-electron chi connectivity index (χ0n) is 23.3. The Hall–Kier alpha value is -4.65. The molecule has 7 heteroatoms. The normalized spacial score (nSPS) is 11.8. The summed E-state index contributed by atoms with van der Waals surface area (Å²) in [5.74, 6) is 0.212. The molecule has 0 spiro atoms. The Labute approximate surface area is 235 Å². The van der Waals surface area contributed by atoms with Gasteiger partial charge in [-0.25, -0.2) is 4.79 Å². The summed E-state index contributed by atoms with van der Waals surface area (Å²) in [6, 6.07) is 27.4. The first kappa shape index (κ1) is 28.4. The van der Waals surface area contributed by atoms with Crippen molar-refractivity contribution in [3.63, 3.8) is 0 Å². The Morgan fingerprint density at radius 2 is 1.52 bits per heavy atom. The third-order valence-electron chi connectivity index (χ3n) is 5.96. The van der Waals surface area contributed by atoms with Crippen LogP contribution in [0.25, 0.3) is 11.1 Å². The minimum absolute atomic E-state index is 0.216. The number of amides is 1. The van der Waals surface area contributed by atoms with E-state index in [4.69, 9.17) is 9.47 Å². The minimum Gasteiger partial charge on any atom is -0.494 e. The van der Waals surface area contributed by atoms with Crippen molar-refractivity contribution in [2.45, 2.75) is 45.8 Å². The molecule has 0 saturated carbocycles. The van der Waals surface area contributed by atoms with Gasteiger partial charge in [0.05, 0.1) is 6.61 Å². The van der Waals surface area contributed by atoms with Crippen LogP contribution in [0, 0.1) is 0 Å².